The standard InChI is InChI=1S/C26H34N4O/c1-25(2,3)23(28-19-26(31)14-15-27-18-26)24-29-22(21-12-8-5-9-13-21)17-30(24)16-20-10-6-4-7-11-20/h4-13,17,23,27-28,31H,14-16,18-19H2,1-3H3/t23-,26?/m0/s1. The molecule has 4 rings (SSSR count). The van der Waals surface area contributed by atoms with Crippen LogP contribution < -0.4 is 10.6 Å². The molecule has 0 radical (unpaired) electrons. The van der Waals surface area contributed by atoms with Crippen molar-refractivity contribution in [3.8, 4) is 11.3 Å². The van der Waals surface area contributed by atoms with E-state index in [0.29, 0.717) is 13.1 Å². The molecule has 5 heteroatoms. The van der Waals surface area contributed by atoms with Gasteiger partial charge in [-0.2, -0.15) is 0 Å². The van der Waals surface area contributed by atoms with Gasteiger partial charge in [0.2, 0.25) is 0 Å². The fourth-order valence-corrected chi connectivity index (χ4v) is 4.27. The van der Waals surface area contributed by atoms with E-state index in [9.17, 15) is 5.11 Å². The summed E-state index contributed by atoms with van der Waals surface area (Å²) in [5.74, 6) is 1.00. The van der Waals surface area contributed by atoms with Crippen LogP contribution in [0.25, 0.3) is 11.3 Å². The first kappa shape index (κ1) is 21.8. The van der Waals surface area contributed by atoms with E-state index in [1.165, 1.54) is 5.56 Å². The molecule has 0 amide bonds. The van der Waals surface area contributed by atoms with Crippen LogP contribution in [0.5, 0.6) is 0 Å². The number of hydrogen-bond donors (Lipinski definition) is 3. The summed E-state index contributed by atoms with van der Waals surface area (Å²) in [6.07, 6.45) is 2.93. The zero-order valence-corrected chi connectivity index (χ0v) is 18.8. The van der Waals surface area contributed by atoms with Crippen molar-refractivity contribution in [1.29, 1.82) is 0 Å². The van der Waals surface area contributed by atoms with Crippen molar-refractivity contribution in [2.45, 2.75) is 45.4 Å². The van der Waals surface area contributed by atoms with E-state index in [-0.39, 0.29) is 11.5 Å². The molecule has 5 nitrogen and oxygen atoms in total. The second kappa shape index (κ2) is 8.95. The predicted molar refractivity (Wildman–Crippen MR) is 126 cm³/mol. The molecule has 1 aliphatic rings. The number of hydrogen-bond acceptors (Lipinski definition) is 4. The third-order valence-electron chi connectivity index (χ3n) is 6.05. The Hall–Kier alpha value is -2.47. The van der Waals surface area contributed by atoms with Crippen LogP contribution in [-0.4, -0.2) is 39.9 Å². The van der Waals surface area contributed by atoms with Gasteiger partial charge in [0.25, 0.3) is 0 Å². The van der Waals surface area contributed by atoms with Crippen molar-refractivity contribution in [3.63, 3.8) is 0 Å². The van der Waals surface area contributed by atoms with Crippen LogP contribution >= 0.6 is 0 Å². The molecule has 1 aliphatic heterocycles. The lowest BCUT2D eigenvalue weighted by Crippen LogP contribution is -2.46. The zero-order valence-electron chi connectivity index (χ0n) is 18.8. The van der Waals surface area contributed by atoms with Crippen LogP contribution in [0.3, 0.4) is 0 Å². The van der Waals surface area contributed by atoms with Crippen molar-refractivity contribution in [1.82, 2.24) is 20.2 Å². The summed E-state index contributed by atoms with van der Waals surface area (Å²) in [4.78, 5) is 5.11. The highest BCUT2D eigenvalue weighted by Gasteiger charge is 2.36. The Morgan fingerprint density at radius 2 is 1.77 bits per heavy atom. The number of aliphatic hydroxyl groups is 1. The van der Waals surface area contributed by atoms with E-state index in [1.807, 2.05) is 24.3 Å². The van der Waals surface area contributed by atoms with Gasteiger partial charge in [-0.3, -0.25) is 0 Å². The summed E-state index contributed by atoms with van der Waals surface area (Å²) < 4.78 is 2.26. The molecule has 3 N–H and O–H groups in total. The summed E-state index contributed by atoms with van der Waals surface area (Å²) in [6, 6.07) is 20.8. The normalized spacial score (nSPS) is 20.1. The van der Waals surface area contributed by atoms with Crippen LogP contribution in [0, 0.1) is 5.41 Å². The smallest absolute Gasteiger partial charge is 0.127 e. The van der Waals surface area contributed by atoms with E-state index in [2.05, 4.69) is 78.6 Å². The third-order valence-corrected chi connectivity index (χ3v) is 6.05. The van der Waals surface area contributed by atoms with Crippen LogP contribution in [0.2, 0.25) is 0 Å². The second-order valence-electron chi connectivity index (χ2n) is 9.79. The number of aromatic nitrogens is 2. The highest BCUT2D eigenvalue weighted by Crippen LogP contribution is 2.34. The molecule has 2 atom stereocenters. The molecule has 0 bridgehead atoms. The van der Waals surface area contributed by atoms with Gasteiger partial charge in [-0.25, -0.2) is 4.98 Å². The average molecular weight is 419 g/mol. The van der Waals surface area contributed by atoms with Gasteiger partial charge < -0.3 is 20.3 Å². The molecule has 2 aromatic carbocycles. The quantitative estimate of drug-likeness (QED) is 0.543. The van der Waals surface area contributed by atoms with Gasteiger partial charge >= 0.3 is 0 Å². The molecule has 0 spiro atoms. The maximum atomic E-state index is 10.9. The van der Waals surface area contributed by atoms with Crippen molar-refractivity contribution in [2.75, 3.05) is 19.6 Å². The Bertz CT molecular complexity index is 970. The molecule has 0 aliphatic carbocycles. The Labute approximate surface area is 185 Å². The first-order valence-electron chi connectivity index (χ1n) is 11.2. The number of nitrogens with zero attached hydrogens (tertiary/aromatic N) is 2. The van der Waals surface area contributed by atoms with Crippen LogP contribution in [0.1, 0.15) is 44.6 Å². The number of rotatable bonds is 7. The lowest BCUT2D eigenvalue weighted by Gasteiger charge is -2.34. The maximum absolute atomic E-state index is 10.9. The molecule has 31 heavy (non-hydrogen) atoms. The summed E-state index contributed by atoms with van der Waals surface area (Å²) in [5.41, 5.74) is 2.55. The fourth-order valence-electron chi connectivity index (χ4n) is 4.27. The summed E-state index contributed by atoms with van der Waals surface area (Å²) in [7, 11) is 0. The predicted octanol–water partition coefficient (Wildman–Crippen LogP) is 4.00. The molecule has 1 aromatic heterocycles. The Morgan fingerprint density at radius 3 is 2.39 bits per heavy atom. The monoisotopic (exact) mass is 418 g/mol. The Morgan fingerprint density at radius 1 is 1.10 bits per heavy atom. The molecule has 1 unspecified atom stereocenters. The zero-order chi connectivity index (χ0) is 21.9. The SMILES string of the molecule is CC(C)(C)[C@@H](NCC1(O)CCNC1)c1nc(-c2ccccc2)cn1Cc1ccccc1. The molecular weight excluding hydrogens is 384 g/mol. The van der Waals surface area contributed by atoms with Gasteiger partial charge in [0.15, 0.2) is 0 Å². The number of imidazole rings is 1. The number of nitrogens with one attached hydrogen (secondary N) is 2. The minimum Gasteiger partial charge on any atom is -0.387 e. The van der Waals surface area contributed by atoms with Gasteiger partial charge in [-0.15, -0.1) is 0 Å². The molecule has 1 fully saturated rings. The molecule has 3 aromatic rings. The van der Waals surface area contributed by atoms with E-state index in [4.69, 9.17) is 4.98 Å². The highest BCUT2D eigenvalue weighted by atomic mass is 16.3. The third kappa shape index (κ3) is 5.24. The highest BCUT2D eigenvalue weighted by molar-refractivity contribution is 5.58. The van der Waals surface area contributed by atoms with Gasteiger partial charge in [0.1, 0.15) is 5.82 Å². The Kier molecular flexibility index (Phi) is 6.28. The minimum atomic E-state index is -0.706. The lowest BCUT2D eigenvalue weighted by atomic mass is 9.85. The van der Waals surface area contributed by atoms with Crippen molar-refractivity contribution in [2.24, 2.45) is 5.41 Å². The van der Waals surface area contributed by atoms with E-state index in [1.54, 1.807) is 0 Å². The van der Waals surface area contributed by atoms with Crippen molar-refractivity contribution >= 4 is 0 Å². The largest absolute Gasteiger partial charge is 0.387 e. The van der Waals surface area contributed by atoms with E-state index < -0.39 is 5.60 Å². The number of β-amino-alcohol motifs (C(OH)–C–C–N with tert-alkyl or cyclic N) is 1. The molecular formula is C26H34N4O. The number of benzene rings is 2. The molecule has 164 valence electrons. The van der Waals surface area contributed by atoms with Crippen LogP contribution in [-0.2, 0) is 6.54 Å². The maximum Gasteiger partial charge on any atom is 0.127 e. The van der Waals surface area contributed by atoms with Crippen molar-refractivity contribution in [3.05, 3.63) is 78.2 Å². The average Bonchev–Trinajstić information content (AvgIpc) is 3.36. The van der Waals surface area contributed by atoms with E-state index in [0.717, 1.165) is 36.6 Å². The summed E-state index contributed by atoms with van der Waals surface area (Å²) >= 11 is 0. The Balaban J connectivity index is 1.70. The molecule has 1 saturated heterocycles. The van der Waals surface area contributed by atoms with E-state index >= 15 is 0 Å². The summed E-state index contributed by atoms with van der Waals surface area (Å²) in [5, 5.41) is 17.8. The van der Waals surface area contributed by atoms with Gasteiger partial charge in [-0.1, -0.05) is 81.4 Å². The first-order chi connectivity index (χ1) is 14.8. The minimum absolute atomic E-state index is 0.00157. The van der Waals surface area contributed by atoms with Crippen LogP contribution in [0.4, 0.5) is 0 Å². The van der Waals surface area contributed by atoms with Crippen LogP contribution in [0.15, 0.2) is 66.9 Å². The van der Waals surface area contributed by atoms with Gasteiger partial charge in [0, 0.05) is 31.4 Å². The topological polar surface area (TPSA) is 62.1 Å². The first-order valence-corrected chi connectivity index (χ1v) is 11.2. The molecule has 2 heterocycles. The fraction of sp³-hybridized carbons (Fsp3) is 0.423. The second-order valence-corrected chi connectivity index (χ2v) is 9.79. The molecule has 0 saturated carbocycles. The summed E-state index contributed by atoms with van der Waals surface area (Å²) in [6.45, 7) is 9.47. The van der Waals surface area contributed by atoms with Crippen molar-refractivity contribution < 1.29 is 5.11 Å². The van der Waals surface area contributed by atoms with Gasteiger partial charge in [-0.05, 0) is 23.9 Å². The van der Waals surface area contributed by atoms with Gasteiger partial charge in [0.05, 0.1) is 17.3 Å². The lowest BCUT2D eigenvalue weighted by molar-refractivity contribution is 0.0516.